The molecule has 0 bridgehead atoms. The van der Waals surface area contributed by atoms with Crippen molar-refractivity contribution in [1.82, 2.24) is 15.2 Å². The van der Waals surface area contributed by atoms with Crippen LogP contribution in [0.2, 0.25) is 0 Å². The van der Waals surface area contributed by atoms with Gasteiger partial charge < -0.3 is 15.2 Å². The maximum atomic E-state index is 11.7. The normalized spacial score (nSPS) is 12.7. The van der Waals surface area contributed by atoms with Crippen molar-refractivity contribution in [2.24, 2.45) is 5.92 Å². The molecule has 0 aliphatic heterocycles. The number of carbonyl (C=O) groups excluding carboxylic acids is 1. The van der Waals surface area contributed by atoms with E-state index >= 15 is 0 Å². The Hall–Kier alpha value is -1.29. The summed E-state index contributed by atoms with van der Waals surface area (Å²) in [7, 11) is 0. The molecule has 2 N–H and O–H groups in total. The van der Waals surface area contributed by atoms with Gasteiger partial charge in [0.05, 0.1) is 0 Å². The number of rotatable bonds is 8. The van der Waals surface area contributed by atoms with E-state index in [4.69, 9.17) is 0 Å². The van der Waals surface area contributed by atoms with Gasteiger partial charge in [-0.05, 0) is 37.4 Å². The molecule has 1 atom stereocenters. The quantitative estimate of drug-likeness (QED) is 0.758. The molecule has 19 heavy (non-hydrogen) atoms. The lowest BCUT2D eigenvalue weighted by molar-refractivity contribution is -0.121. The highest BCUT2D eigenvalue weighted by molar-refractivity contribution is 5.75. The number of amides is 1. The number of nitrogens with one attached hydrogen (secondary N) is 2. The summed E-state index contributed by atoms with van der Waals surface area (Å²) in [6.45, 7) is 10.6. The predicted molar refractivity (Wildman–Crippen MR) is 79.0 cm³/mol. The number of nitrogens with zero attached hydrogens (tertiary/aromatic N) is 1. The van der Waals surface area contributed by atoms with Gasteiger partial charge in [-0.25, -0.2) is 0 Å². The molecule has 1 rings (SSSR count). The van der Waals surface area contributed by atoms with Crippen LogP contribution in [0.4, 0.5) is 0 Å². The fourth-order valence-electron chi connectivity index (χ4n) is 1.83. The monoisotopic (exact) mass is 265 g/mol. The van der Waals surface area contributed by atoms with Crippen molar-refractivity contribution < 1.29 is 4.79 Å². The second-order valence-corrected chi connectivity index (χ2v) is 5.49. The van der Waals surface area contributed by atoms with Crippen molar-refractivity contribution in [3.8, 4) is 0 Å². The molecule has 0 fully saturated rings. The van der Waals surface area contributed by atoms with E-state index in [2.05, 4.69) is 44.4 Å². The third-order valence-electron chi connectivity index (χ3n) is 3.01. The topological polar surface area (TPSA) is 46.1 Å². The Labute approximate surface area is 116 Å². The van der Waals surface area contributed by atoms with Crippen LogP contribution in [0.3, 0.4) is 0 Å². The van der Waals surface area contributed by atoms with E-state index in [1.807, 2.05) is 17.0 Å². The molecular formula is C15H27N3O. The van der Waals surface area contributed by atoms with Crippen LogP contribution in [0, 0.1) is 5.92 Å². The van der Waals surface area contributed by atoms with Crippen molar-refractivity contribution in [1.29, 1.82) is 0 Å². The van der Waals surface area contributed by atoms with E-state index in [9.17, 15) is 4.79 Å². The van der Waals surface area contributed by atoms with Crippen LogP contribution in [0.15, 0.2) is 18.5 Å². The van der Waals surface area contributed by atoms with Gasteiger partial charge in [0.2, 0.25) is 5.91 Å². The van der Waals surface area contributed by atoms with E-state index in [0.717, 1.165) is 19.5 Å². The van der Waals surface area contributed by atoms with Gasteiger partial charge in [0.1, 0.15) is 6.54 Å². The molecule has 1 aromatic rings. The zero-order chi connectivity index (χ0) is 14.3. The Morgan fingerprint density at radius 2 is 2.11 bits per heavy atom. The average Bonchev–Trinajstić information content (AvgIpc) is 2.82. The van der Waals surface area contributed by atoms with E-state index in [1.54, 1.807) is 0 Å². The van der Waals surface area contributed by atoms with Crippen LogP contribution >= 0.6 is 0 Å². The van der Waals surface area contributed by atoms with Gasteiger partial charge in [0.25, 0.3) is 0 Å². The van der Waals surface area contributed by atoms with Gasteiger partial charge in [-0.1, -0.05) is 20.8 Å². The minimum atomic E-state index is 0.0741. The summed E-state index contributed by atoms with van der Waals surface area (Å²) in [4.78, 5) is 11.7. The molecule has 0 radical (unpaired) electrons. The molecule has 1 amide bonds. The summed E-state index contributed by atoms with van der Waals surface area (Å²) >= 11 is 0. The van der Waals surface area contributed by atoms with Crippen LogP contribution in [-0.2, 0) is 11.3 Å². The molecule has 0 aliphatic carbocycles. The minimum Gasteiger partial charge on any atom is -0.354 e. The number of hydrogen-bond acceptors (Lipinski definition) is 2. The smallest absolute Gasteiger partial charge is 0.239 e. The fraction of sp³-hybridized carbons (Fsp3) is 0.667. The first-order valence-electron chi connectivity index (χ1n) is 7.18. The summed E-state index contributed by atoms with van der Waals surface area (Å²) in [5.41, 5.74) is 1.23. The van der Waals surface area contributed by atoms with E-state index < -0.39 is 0 Å². The first-order valence-corrected chi connectivity index (χ1v) is 7.18. The SMILES string of the molecule is CCCNC(C)c1ccn(CC(=O)NCC(C)C)c1. The average molecular weight is 265 g/mol. The van der Waals surface area contributed by atoms with Crippen molar-refractivity contribution in [2.75, 3.05) is 13.1 Å². The molecule has 1 heterocycles. The highest BCUT2D eigenvalue weighted by Crippen LogP contribution is 2.12. The number of carbonyl (C=O) groups is 1. The zero-order valence-electron chi connectivity index (χ0n) is 12.6. The Kier molecular flexibility index (Phi) is 6.64. The number of aromatic nitrogens is 1. The second kappa shape index (κ2) is 8.00. The van der Waals surface area contributed by atoms with Crippen molar-refractivity contribution in [3.63, 3.8) is 0 Å². The highest BCUT2D eigenvalue weighted by atomic mass is 16.1. The summed E-state index contributed by atoms with van der Waals surface area (Å²) in [5.74, 6) is 0.562. The Morgan fingerprint density at radius 1 is 1.37 bits per heavy atom. The summed E-state index contributed by atoms with van der Waals surface area (Å²) in [6, 6.07) is 2.41. The molecule has 1 aromatic heterocycles. The van der Waals surface area contributed by atoms with Gasteiger partial charge in [0, 0.05) is 25.0 Å². The molecular weight excluding hydrogens is 238 g/mol. The lowest BCUT2D eigenvalue weighted by Gasteiger charge is -2.11. The summed E-state index contributed by atoms with van der Waals surface area (Å²) in [6.07, 6.45) is 5.14. The Balaban J connectivity index is 2.43. The molecule has 0 saturated heterocycles. The van der Waals surface area contributed by atoms with Gasteiger partial charge >= 0.3 is 0 Å². The minimum absolute atomic E-state index is 0.0741. The summed E-state index contributed by atoms with van der Waals surface area (Å²) < 4.78 is 1.94. The Bertz CT molecular complexity index is 384. The second-order valence-electron chi connectivity index (χ2n) is 5.49. The molecule has 0 aromatic carbocycles. The van der Waals surface area contributed by atoms with Gasteiger partial charge in [0.15, 0.2) is 0 Å². The summed E-state index contributed by atoms with van der Waals surface area (Å²) in [5, 5.41) is 6.37. The van der Waals surface area contributed by atoms with Gasteiger partial charge in [-0.2, -0.15) is 0 Å². The molecule has 0 aliphatic rings. The third-order valence-corrected chi connectivity index (χ3v) is 3.01. The lowest BCUT2D eigenvalue weighted by Crippen LogP contribution is -2.30. The highest BCUT2D eigenvalue weighted by Gasteiger charge is 2.08. The Morgan fingerprint density at radius 3 is 2.74 bits per heavy atom. The van der Waals surface area contributed by atoms with Gasteiger partial charge in [-0.3, -0.25) is 4.79 Å². The molecule has 4 heteroatoms. The van der Waals surface area contributed by atoms with E-state index in [0.29, 0.717) is 18.5 Å². The van der Waals surface area contributed by atoms with E-state index in [1.165, 1.54) is 5.56 Å². The maximum absolute atomic E-state index is 11.7. The fourth-order valence-corrected chi connectivity index (χ4v) is 1.83. The van der Waals surface area contributed by atoms with Crippen molar-refractivity contribution >= 4 is 5.91 Å². The molecule has 0 saturated carbocycles. The largest absolute Gasteiger partial charge is 0.354 e. The van der Waals surface area contributed by atoms with E-state index in [-0.39, 0.29) is 5.91 Å². The van der Waals surface area contributed by atoms with Crippen LogP contribution in [-0.4, -0.2) is 23.6 Å². The first kappa shape index (κ1) is 15.8. The van der Waals surface area contributed by atoms with Crippen LogP contribution in [0.5, 0.6) is 0 Å². The van der Waals surface area contributed by atoms with Crippen LogP contribution in [0.1, 0.15) is 45.7 Å². The standard InChI is InChI=1S/C15H27N3O/c1-5-7-16-13(4)14-6-8-18(10-14)11-15(19)17-9-12(2)3/h6,8,10,12-13,16H,5,7,9,11H2,1-4H3,(H,17,19). The molecule has 0 spiro atoms. The molecule has 1 unspecified atom stereocenters. The van der Waals surface area contributed by atoms with Crippen LogP contribution < -0.4 is 10.6 Å². The zero-order valence-corrected chi connectivity index (χ0v) is 12.6. The van der Waals surface area contributed by atoms with Crippen molar-refractivity contribution in [2.45, 2.75) is 46.7 Å². The lowest BCUT2D eigenvalue weighted by atomic mass is 10.2. The van der Waals surface area contributed by atoms with Gasteiger partial charge in [-0.15, -0.1) is 0 Å². The molecule has 108 valence electrons. The molecule has 4 nitrogen and oxygen atoms in total. The van der Waals surface area contributed by atoms with Crippen LogP contribution in [0.25, 0.3) is 0 Å². The first-order chi connectivity index (χ1) is 9.02. The third kappa shape index (κ3) is 5.92. The maximum Gasteiger partial charge on any atom is 0.239 e. The van der Waals surface area contributed by atoms with Crippen molar-refractivity contribution in [3.05, 3.63) is 24.0 Å². The number of hydrogen-bond donors (Lipinski definition) is 2. The predicted octanol–water partition coefficient (Wildman–Crippen LogP) is 2.32.